The van der Waals surface area contributed by atoms with Crippen LogP contribution in [0.15, 0.2) is 66.7 Å². The molecule has 9 nitrogen and oxygen atoms in total. The van der Waals surface area contributed by atoms with Gasteiger partial charge in [-0.15, -0.1) is 0 Å². The Kier molecular flexibility index (Phi) is 8.75. The molecule has 41 heavy (non-hydrogen) atoms. The third-order valence-corrected chi connectivity index (χ3v) is 7.73. The predicted octanol–water partition coefficient (Wildman–Crippen LogP) is 4.90. The zero-order valence-corrected chi connectivity index (χ0v) is 23.7. The number of aliphatic hydroxyl groups excluding tert-OH is 1. The van der Waals surface area contributed by atoms with Crippen molar-refractivity contribution >= 4 is 33.6 Å². The van der Waals surface area contributed by atoms with E-state index >= 15 is 0 Å². The fourth-order valence-corrected chi connectivity index (χ4v) is 5.74. The van der Waals surface area contributed by atoms with E-state index in [1.807, 2.05) is 67.9 Å². The number of allylic oxidation sites excluding steroid dienone is 1. The highest BCUT2D eigenvalue weighted by atomic mass is 16.7. The topological polar surface area (TPSA) is 115 Å². The second-order valence-corrected chi connectivity index (χ2v) is 10.2. The van der Waals surface area contributed by atoms with E-state index in [1.54, 1.807) is 11.7 Å². The van der Waals surface area contributed by atoms with Crippen molar-refractivity contribution in [2.45, 2.75) is 45.3 Å². The number of fused-ring (bicyclic) bond motifs is 2. The normalized spacial score (nSPS) is 18.7. The third-order valence-electron chi connectivity index (χ3n) is 7.73. The SMILES string of the molecule is CCO[C@H]1OC(C(=O)NCCc2c[nH]c3ccc(OC)cc23)=C[C@@H](c2cn(C(C)=O)c3ccccc23)[C@@H]1CCCO. The van der Waals surface area contributed by atoms with Gasteiger partial charge in [0.15, 0.2) is 5.76 Å². The average molecular weight is 560 g/mol. The fraction of sp³-hybridized carbons (Fsp3) is 0.375. The maximum Gasteiger partial charge on any atom is 0.286 e. The van der Waals surface area contributed by atoms with Crippen molar-refractivity contribution in [3.8, 4) is 5.75 Å². The molecule has 0 bridgehead atoms. The van der Waals surface area contributed by atoms with Gasteiger partial charge in [0.2, 0.25) is 12.2 Å². The van der Waals surface area contributed by atoms with Crippen molar-refractivity contribution in [1.29, 1.82) is 0 Å². The molecule has 2 aromatic heterocycles. The second kappa shape index (κ2) is 12.6. The first-order valence-electron chi connectivity index (χ1n) is 14.1. The van der Waals surface area contributed by atoms with Gasteiger partial charge in [-0.3, -0.25) is 14.2 Å². The molecule has 1 aliphatic heterocycles. The van der Waals surface area contributed by atoms with Gasteiger partial charge < -0.3 is 29.6 Å². The monoisotopic (exact) mass is 559 g/mol. The Morgan fingerprint density at radius 2 is 2.00 bits per heavy atom. The van der Waals surface area contributed by atoms with Crippen LogP contribution in [0.2, 0.25) is 0 Å². The number of nitrogens with zero attached hydrogens (tertiary/aromatic N) is 1. The molecular formula is C32H37N3O6. The summed E-state index contributed by atoms with van der Waals surface area (Å²) < 4.78 is 19.2. The molecule has 4 aromatic rings. The molecule has 216 valence electrons. The predicted molar refractivity (Wildman–Crippen MR) is 157 cm³/mol. The van der Waals surface area contributed by atoms with Crippen molar-refractivity contribution in [2.24, 2.45) is 5.92 Å². The van der Waals surface area contributed by atoms with Crippen LogP contribution in [0, 0.1) is 5.92 Å². The summed E-state index contributed by atoms with van der Waals surface area (Å²) in [6.07, 6.45) is 6.78. The number of rotatable bonds is 11. The van der Waals surface area contributed by atoms with Crippen LogP contribution < -0.4 is 10.1 Å². The van der Waals surface area contributed by atoms with Gasteiger partial charge in [-0.1, -0.05) is 18.2 Å². The second-order valence-electron chi connectivity index (χ2n) is 10.2. The molecule has 0 unspecified atom stereocenters. The van der Waals surface area contributed by atoms with Crippen LogP contribution in [-0.2, 0) is 20.7 Å². The summed E-state index contributed by atoms with van der Waals surface area (Å²) >= 11 is 0. The summed E-state index contributed by atoms with van der Waals surface area (Å²) in [5.74, 6) is 0.120. The lowest BCUT2D eigenvalue weighted by molar-refractivity contribution is -0.166. The minimum atomic E-state index is -0.678. The van der Waals surface area contributed by atoms with Crippen LogP contribution in [0.1, 0.15) is 48.5 Å². The molecule has 1 amide bonds. The first-order valence-corrected chi connectivity index (χ1v) is 14.1. The Labute approximate surface area is 239 Å². The number of aliphatic hydroxyl groups is 1. The lowest BCUT2D eigenvalue weighted by Gasteiger charge is -2.36. The molecule has 0 fully saturated rings. The molecule has 2 aromatic carbocycles. The number of hydrogen-bond acceptors (Lipinski definition) is 6. The first kappa shape index (κ1) is 28.4. The number of aromatic amines is 1. The number of carbonyl (C=O) groups excluding carboxylic acids is 2. The molecule has 0 aliphatic carbocycles. The number of carbonyl (C=O) groups is 2. The van der Waals surface area contributed by atoms with Gasteiger partial charge >= 0.3 is 0 Å². The van der Waals surface area contributed by atoms with Crippen LogP contribution in [0.4, 0.5) is 0 Å². The summed E-state index contributed by atoms with van der Waals surface area (Å²) in [6.45, 7) is 4.27. The number of nitrogens with one attached hydrogen (secondary N) is 2. The maximum atomic E-state index is 13.4. The quantitative estimate of drug-likeness (QED) is 0.241. The van der Waals surface area contributed by atoms with E-state index in [1.165, 1.54) is 6.92 Å². The van der Waals surface area contributed by atoms with Gasteiger partial charge in [0, 0.05) is 67.2 Å². The number of para-hydroxylation sites is 1. The van der Waals surface area contributed by atoms with Crippen molar-refractivity contribution in [1.82, 2.24) is 14.9 Å². The molecular weight excluding hydrogens is 522 g/mol. The van der Waals surface area contributed by atoms with Gasteiger partial charge in [-0.25, -0.2) is 0 Å². The molecule has 0 saturated carbocycles. The van der Waals surface area contributed by atoms with Crippen LogP contribution >= 0.6 is 0 Å². The molecule has 9 heteroatoms. The zero-order chi connectivity index (χ0) is 28.9. The number of amides is 1. The van der Waals surface area contributed by atoms with Crippen molar-refractivity contribution < 1.29 is 28.9 Å². The van der Waals surface area contributed by atoms with Crippen LogP contribution in [0.3, 0.4) is 0 Å². The summed E-state index contributed by atoms with van der Waals surface area (Å²) in [7, 11) is 1.64. The van der Waals surface area contributed by atoms with Gasteiger partial charge in [0.05, 0.1) is 12.6 Å². The van der Waals surface area contributed by atoms with E-state index in [9.17, 15) is 14.7 Å². The number of hydrogen-bond donors (Lipinski definition) is 3. The number of aromatic nitrogens is 2. The van der Waals surface area contributed by atoms with Gasteiger partial charge in [-0.05, 0) is 67.7 Å². The summed E-state index contributed by atoms with van der Waals surface area (Å²) in [6, 6.07) is 13.6. The highest BCUT2D eigenvalue weighted by Gasteiger charge is 2.39. The molecule has 3 atom stereocenters. The molecule has 0 saturated heterocycles. The maximum absolute atomic E-state index is 13.4. The number of benzene rings is 2. The van der Waals surface area contributed by atoms with E-state index in [4.69, 9.17) is 14.2 Å². The minimum absolute atomic E-state index is 0.0358. The lowest BCUT2D eigenvalue weighted by Crippen LogP contribution is -2.39. The molecule has 5 rings (SSSR count). The zero-order valence-electron chi connectivity index (χ0n) is 23.7. The standard InChI is InChI=1S/C32H37N3O6/c1-4-40-32-24(9-7-15-36)26(27-19-35(20(2)37)29-10-6-5-8-23(27)29)17-30(41-32)31(38)33-14-13-21-18-34-28-12-11-22(39-3)16-25(21)28/h5-6,8,10-12,16-19,24,26,32,34,36H,4,7,9,13-15H2,1-3H3,(H,33,38)/t24-,26+,32-/m0/s1. The Balaban J connectivity index is 1.43. The Morgan fingerprint density at radius 1 is 1.17 bits per heavy atom. The first-order chi connectivity index (χ1) is 19.9. The van der Waals surface area contributed by atoms with E-state index in [2.05, 4.69) is 10.3 Å². The Morgan fingerprint density at radius 3 is 2.76 bits per heavy atom. The third kappa shape index (κ3) is 5.87. The van der Waals surface area contributed by atoms with Crippen LogP contribution in [0.25, 0.3) is 21.8 Å². The van der Waals surface area contributed by atoms with E-state index in [0.717, 1.165) is 38.7 Å². The smallest absolute Gasteiger partial charge is 0.286 e. The molecule has 0 radical (unpaired) electrons. The van der Waals surface area contributed by atoms with Gasteiger partial charge in [0.25, 0.3) is 5.91 Å². The number of ether oxygens (including phenoxy) is 3. The number of methoxy groups -OCH3 is 1. The van der Waals surface area contributed by atoms with Gasteiger partial charge in [0.1, 0.15) is 5.75 Å². The highest BCUT2D eigenvalue weighted by molar-refractivity contribution is 5.95. The molecule has 0 spiro atoms. The summed E-state index contributed by atoms with van der Waals surface area (Å²) in [4.78, 5) is 29.2. The van der Waals surface area contributed by atoms with Crippen molar-refractivity contribution in [3.05, 3.63) is 77.8 Å². The van der Waals surface area contributed by atoms with Gasteiger partial charge in [-0.2, -0.15) is 0 Å². The Hall–Kier alpha value is -4.08. The van der Waals surface area contributed by atoms with E-state index in [-0.39, 0.29) is 36.0 Å². The number of H-pyrrole nitrogens is 1. The molecule has 3 heterocycles. The summed E-state index contributed by atoms with van der Waals surface area (Å²) in [5, 5.41) is 14.6. The minimum Gasteiger partial charge on any atom is -0.497 e. The summed E-state index contributed by atoms with van der Waals surface area (Å²) in [5.41, 5.74) is 3.81. The molecule has 3 N–H and O–H groups in total. The van der Waals surface area contributed by atoms with Crippen LogP contribution in [0.5, 0.6) is 5.75 Å². The largest absolute Gasteiger partial charge is 0.497 e. The fourth-order valence-electron chi connectivity index (χ4n) is 5.74. The molecule has 1 aliphatic rings. The van der Waals surface area contributed by atoms with Crippen molar-refractivity contribution in [3.63, 3.8) is 0 Å². The van der Waals surface area contributed by atoms with Crippen molar-refractivity contribution in [2.75, 3.05) is 26.9 Å². The highest BCUT2D eigenvalue weighted by Crippen LogP contribution is 2.42. The average Bonchev–Trinajstić information content (AvgIpc) is 3.57. The van der Waals surface area contributed by atoms with E-state index < -0.39 is 6.29 Å². The Bertz CT molecular complexity index is 1570. The lowest BCUT2D eigenvalue weighted by atomic mass is 9.80. The van der Waals surface area contributed by atoms with E-state index in [0.29, 0.717) is 32.4 Å². The van der Waals surface area contributed by atoms with Crippen LogP contribution in [-0.4, -0.2) is 59.6 Å².